The number of nitrogen functional groups attached to an aromatic ring is 1. The maximum absolute atomic E-state index is 13.0. The van der Waals surface area contributed by atoms with Crippen molar-refractivity contribution in [2.75, 3.05) is 5.73 Å². The standard InChI is InChI=1S/C16H9BrF5N3O2/c17-11-12(23)13-10(5-7(6-24-13)16(20,21)22)25(14(11)26)8-1-3-9(4-2-8)27-15(18)19/h1-6,15H,23H2. The SMILES string of the molecule is Nc1c(Br)c(=O)n(-c2ccc(OC(F)F)cc2)c2cc(C(F)(F)F)cnc12. The van der Waals surface area contributed by atoms with Crippen molar-refractivity contribution in [3.05, 3.63) is 56.9 Å². The minimum absolute atomic E-state index is 0.0256. The molecule has 1 aromatic carbocycles. The normalized spacial score (nSPS) is 12.0. The van der Waals surface area contributed by atoms with E-state index in [2.05, 4.69) is 25.7 Å². The van der Waals surface area contributed by atoms with E-state index in [1.807, 2.05) is 0 Å². The summed E-state index contributed by atoms with van der Waals surface area (Å²) in [5.41, 5.74) is 3.79. The van der Waals surface area contributed by atoms with Gasteiger partial charge in [-0.2, -0.15) is 22.0 Å². The van der Waals surface area contributed by atoms with E-state index < -0.39 is 23.9 Å². The number of halogens is 6. The fourth-order valence-electron chi connectivity index (χ4n) is 2.45. The van der Waals surface area contributed by atoms with Gasteiger partial charge >= 0.3 is 12.8 Å². The molecule has 0 saturated carbocycles. The van der Waals surface area contributed by atoms with Gasteiger partial charge in [-0.1, -0.05) is 0 Å². The molecule has 0 radical (unpaired) electrons. The van der Waals surface area contributed by atoms with Crippen molar-refractivity contribution in [1.82, 2.24) is 9.55 Å². The number of hydrogen-bond acceptors (Lipinski definition) is 4. The van der Waals surface area contributed by atoms with Crippen molar-refractivity contribution in [3.8, 4) is 11.4 Å². The summed E-state index contributed by atoms with van der Waals surface area (Å²) in [7, 11) is 0. The number of rotatable bonds is 3. The Morgan fingerprint density at radius 3 is 2.37 bits per heavy atom. The van der Waals surface area contributed by atoms with Crippen molar-refractivity contribution < 1.29 is 26.7 Å². The van der Waals surface area contributed by atoms with E-state index in [9.17, 15) is 26.7 Å². The fourth-order valence-corrected chi connectivity index (χ4v) is 2.81. The van der Waals surface area contributed by atoms with E-state index in [-0.39, 0.29) is 32.6 Å². The second-order valence-corrected chi connectivity index (χ2v) is 6.12. The Hall–Kier alpha value is -2.69. The number of pyridine rings is 2. The number of nitrogens with zero attached hydrogens (tertiary/aromatic N) is 2. The molecule has 0 aliphatic carbocycles. The first-order valence-corrected chi connectivity index (χ1v) is 8.01. The summed E-state index contributed by atoms with van der Waals surface area (Å²) in [4.78, 5) is 16.3. The molecule has 0 amide bonds. The highest BCUT2D eigenvalue weighted by Crippen LogP contribution is 2.33. The first-order valence-electron chi connectivity index (χ1n) is 7.22. The summed E-state index contributed by atoms with van der Waals surface area (Å²) >= 11 is 3.01. The van der Waals surface area contributed by atoms with Gasteiger partial charge in [-0.05, 0) is 46.3 Å². The van der Waals surface area contributed by atoms with Crippen molar-refractivity contribution in [1.29, 1.82) is 0 Å². The van der Waals surface area contributed by atoms with Crippen LogP contribution in [0.3, 0.4) is 0 Å². The fraction of sp³-hybridized carbons (Fsp3) is 0.125. The Labute approximate surface area is 156 Å². The Morgan fingerprint density at radius 1 is 1.19 bits per heavy atom. The van der Waals surface area contributed by atoms with Crippen LogP contribution < -0.4 is 16.0 Å². The molecular weight excluding hydrogens is 441 g/mol. The van der Waals surface area contributed by atoms with Crippen molar-refractivity contribution in [2.24, 2.45) is 0 Å². The monoisotopic (exact) mass is 449 g/mol. The molecule has 0 unspecified atom stereocenters. The molecule has 0 aliphatic rings. The lowest BCUT2D eigenvalue weighted by atomic mass is 10.2. The molecule has 0 bridgehead atoms. The average molecular weight is 450 g/mol. The molecule has 3 rings (SSSR count). The molecule has 142 valence electrons. The first kappa shape index (κ1) is 19.1. The van der Waals surface area contributed by atoms with Crippen LogP contribution in [-0.4, -0.2) is 16.2 Å². The maximum atomic E-state index is 13.0. The minimum Gasteiger partial charge on any atom is -0.435 e. The van der Waals surface area contributed by atoms with E-state index >= 15 is 0 Å². The van der Waals surface area contributed by atoms with E-state index in [4.69, 9.17) is 5.73 Å². The van der Waals surface area contributed by atoms with Crippen LogP contribution in [-0.2, 0) is 6.18 Å². The molecule has 27 heavy (non-hydrogen) atoms. The van der Waals surface area contributed by atoms with Crippen LogP contribution in [0.25, 0.3) is 16.7 Å². The number of benzene rings is 1. The Morgan fingerprint density at radius 2 is 1.81 bits per heavy atom. The lowest BCUT2D eigenvalue weighted by molar-refractivity contribution is -0.137. The van der Waals surface area contributed by atoms with Crippen molar-refractivity contribution in [3.63, 3.8) is 0 Å². The lowest BCUT2D eigenvalue weighted by Crippen LogP contribution is -2.22. The summed E-state index contributed by atoms with van der Waals surface area (Å²) in [5, 5.41) is 0. The molecule has 0 saturated heterocycles. The highest BCUT2D eigenvalue weighted by molar-refractivity contribution is 9.10. The predicted octanol–water partition coefficient (Wildman–Crippen LogP) is 4.35. The number of aromatic nitrogens is 2. The number of fused-ring (bicyclic) bond motifs is 1. The maximum Gasteiger partial charge on any atom is 0.417 e. The van der Waals surface area contributed by atoms with Crippen LogP contribution in [0.15, 0.2) is 45.8 Å². The van der Waals surface area contributed by atoms with Gasteiger partial charge in [-0.25, -0.2) is 0 Å². The van der Waals surface area contributed by atoms with Gasteiger partial charge in [0.1, 0.15) is 15.7 Å². The molecule has 0 fully saturated rings. The first-order chi connectivity index (χ1) is 12.6. The predicted molar refractivity (Wildman–Crippen MR) is 91.1 cm³/mol. The zero-order valence-electron chi connectivity index (χ0n) is 13.1. The summed E-state index contributed by atoms with van der Waals surface area (Å²) in [6.07, 6.45) is -4.07. The summed E-state index contributed by atoms with van der Waals surface area (Å²) in [6, 6.07) is 5.56. The van der Waals surface area contributed by atoms with Crippen LogP contribution in [0, 0.1) is 0 Å². The Bertz CT molecular complexity index is 1060. The number of anilines is 1. The van der Waals surface area contributed by atoms with Crippen LogP contribution >= 0.6 is 15.9 Å². The highest BCUT2D eigenvalue weighted by Gasteiger charge is 2.32. The summed E-state index contributed by atoms with van der Waals surface area (Å²) in [6.45, 7) is -3.04. The quantitative estimate of drug-likeness (QED) is 0.603. The van der Waals surface area contributed by atoms with Crippen LogP contribution in [0.1, 0.15) is 5.56 Å². The topological polar surface area (TPSA) is 70.1 Å². The van der Waals surface area contributed by atoms with Gasteiger partial charge in [0.05, 0.1) is 16.8 Å². The molecule has 2 heterocycles. The van der Waals surface area contributed by atoms with Gasteiger partial charge in [0, 0.05) is 11.9 Å². The van der Waals surface area contributed by atoms with Gasteiger partial charge in [-0.15, -0.1) is 0 Å². The van der Waals surface area contributed by atoms with Gasteiger partial charge in [0.25, 0.3) is 5.56 Å². The third-order valence-corrected chi connectivity index (χ3v) is 4.40. The third kappa shape index (κ3) is 3.59. The van der Waals surface area contributed by atoms with Crippen molar-refractivity contribution >= 4 is 32.7 Å². The minimum atomic E-state index is -4.68. The average Bonchev–Trinajstić information content (AvgIpc) is 2.59. The second kappa shape index (κ2) is 6.80. The smallest absolute Gasteiger partial charge is 0.417 e. The molecule has 2 aromatic heterocycles. The van der Waals surface area contributed by atoms with Gasteiger partial charge in [-0.3, -0.25) is 14.3 Å². The molecule has 3 aromatic rings. The molecule has 0 spiro atoms. The Kier molecular flexibility index (Phi) is 4.81. The molecule has 11 heteroatoms. The zero-order valence-corrected chi connectivity index (χ0v) is 14.7. The molecule has 5 nitrogen and oxygen atoms in total. The van der Waals surface area contributed by atoms with Crippen molar-refractivity contribution in [2.45, 2.75) is 12.8 Å². The highest BCUT2D eigenvalue weighted by atomic mass is 79.9. The van der Waals surface area contributed by atoms with Gasteiger partial charge in [0.15, 0.2) is 0 Å². The number of ether oxygens (including phenoxy) is 1. The third-order valence-electron chi connectivity index (χ3n) is 3.64. The summed E-state index contributed by atoms with van der Waals surface area (Å²) < 4.78 is 68.7. The second-order valence-electron chi connectivity index (χ2n) is 5.33. The Balaban J connectivity index is 2.29. The van der Waals surface area contributed by atoms with E-state index in [0.29, 0.717) is 6.20 Å². The van der Waals surface area contributed by atoms with E-state index in [1.54, 1.807) is 0 Å². The van der Waals surface area contributed by atoms with E-state index in [0.717, 1.165) is 22.8 Å². The number of hydrogen-bond donors (Lipinski definition) is 1. The molecular formula is C16H9BrF5N3O2. The van der Waals surface area contributed by atoms with Gasteiger partial charge < -0.3 is 10.5 Å². The number of nitrogens with two attached hydrogens (primary N) is 1. The van der Waals surface area contributed by atoms with E-state index in [1.165, 1.54) is 12.1 Å². The van der Waals surface area contributed by atoms with Crippen LogP contribution in [0.5, 0.6) is 5.75 Å². The lowest BCUT2D eigenvalue weighted by Gasteiger charge is -2.15. The molecule has 0 atom stereocenters. The molecule has 0 aliphatic heterocycles. The van der Waals surface area contributed by atoms with Crippen LogP contribution in [0.2, 0.25) is 0 Å². The molecule has 2 N–H and O–H groups in total. The van der Waals surface area contributed by atoms with Gasteiger partial charge in [0.2, 0.25) is 0 Å². The largest absolute Gasteiger partial charge is 0.435 e. The summed E-state index contributed by atoms with van der Waals surface area (Å²) in [5.74, 6) is -0.172. The van der Waals surface area contributed by atoms with Crippen LogP contribution in [0.4, 0.5) is 27.6 Å². The zero-order chi connectivity index (χ0) is 19.9. The number of alkyl halides is 5.